The molecule has 0 aliphatic carbocycles. The summed E-state index contributed by atoms with van der Waals surface area (Å²) in [6.45, 7) is 1.26. The van der Waals surface area contributed by atoms with Crippen molar-refractivity contribution in [1.29, 1.82) is 0 Å². The molecule has 102 valence electrons. The molecule has 0 saturated heterocycles. The van der Waals surface area contributed by atoms with Gasteiger partial charge in [0.1, 0.15) is 11.6 Å². The normalized spacial score (nSPS) is 10.4. The number of ether oxygens (including phenoxy) is 1. The Bertz CT molecular complexity index is 511. The van der Waals surface area contributed by atoms with Gasteiger partial charge in [-0.3, -0.25) is 5.10 Å². The highest BCUT2D eigenvalue weighted by Crippen LogP contribution is 2.16. The van der Waals surface area contributed by atoms with Crippen LogP contribution < -0.4 is 15.8 Å². The molecule has 1 aromatic heterocycles. The molecule has 4 N–H and O–H groups in total. The highest BCUT2D eigenvalue weighted by Gasteiger charge is 2.03. The minimum atomic E-state index is 0.600. The number of nitrogens with one attached hydrogen (secondary N) is 2. The molecule has 0 fully saturated rings. The van der Waals surface area contributed by atoms with Crippen LogP contribution in [0.1, 0.15) is 18.1 Å². The van der Waals surface area contributed by atoms with Crippen LogP contribution in [-0.4, -0.2) is 28.8 Å². The van der Waals surface area contributed by atoms with E-state index >= 15 is 0 Å². The number of methoxy groups -OCH3 is 1. The summed E-state index contributed by atoms with van der Waals surface area (Å²) in [5.74, 6) is 2.45. The van der Waals surface area contributed by atoms with Gasteiger partial charge in [0.2, 0.25) is 0 Å². The number of anilines is 1. The average Bonchev–Trinajstić information content (AvgIpc) is 2.91. The number of aromatic nitrogens is 3. The van der Waals surface area contributed by atoms with Crippen LogP contribution in [-0.2, 0) is 13.0 Å². The fourth-order valence-corrected chi connectivity index (χ4v) is 1.70. The Hall–Kier alpha value is -2.08. The lowest BCUT2D eigenvalue weighted by Gasteiger charge is -2.05. The van der Waals surface area contributed by atoms with Crippen LogP contribution in [0.3, 0.4) is 0 Å². The van der Waals surface area contributed by atoms with Gasteiger partial charge < -0.3 is 15.8 Å². The van der Waals surface area contributed by atoms with Gasteiger partial charge in [-0.05, 0) is 25.1 Å². The molecular weight excluding hydrogens is 242 g/mol. The van der Waals surface area contributed by atoms with Gasteiger partial charge in [0, 0.05) is 18.2 Å². The lowest BCUT2D eigenvalue weighted by atomic mass is 10.3. The number of rotatable bonds is 7. The monoisotopic (exact) mass is 261 g/mol. The molecule has 0 atom stereocenters. The van der Waals surface area contributed by atoms with Gasteiger partial charge in [-0.25, -0.2) is 4.98 Å². The Morgan fingerprint density at radius 2 is 2.32 bits per heavy atom. The number of H-pyrrole nitrogens is 1. The van der Waals surface area contributed by atoms with Crippen molar-refractivity contribution < 1.29 is 4.74 Å². The third-order valence-electron chi connectivity index (χ3n) is 2.71. The first-order valence-electron chi connectivity index (χ1n) is 6.30. The molecule has 6 nitrogen and oxygen atoms in total. The van der Waals surface area contributed by atoms with Crippen molar-refractivity contribution in [2.45, 2.75) is 19.4 Å². The van der Waals surface area contributed by atoms with E-state index in [2.05, 4.69) is 20.5 Å². The highest BCUT2D eigenvalue weighted by molar-refractivity contribution is 5.48. The van der Waals surface area contributed by atoms with Crippen LogP contribution in [0.4, 0.5) is 5.69 Å². The summed E-state index contributed by atoms with van der Waals surface area (Å²) in [6, 6.07) is 7.76. The van der Waals surface area contributed by atoms with Crippen LogP contribution in [0.15, 0.2) is 24.3 Å². The second kappa shape index (κ2) is 6.75. The van der Waals surface area contributed by atoms with Crippen molar-refractivity contribution in [3.05, 3.63) is 35.9 Å². The maximum absolute atomic E-state index is 5.46. The molecule has 2 rings (SSSR count). The van der Waals surface area contributed by atoms with Crippen LogP contribution >= 0.6 is 0 Å². The molecule has 0 amide bonds. The van der Waals surface area contributed by atoms with Crippen LogP contribution in [0.2, 0.25) is 0 Å². The number of nitrogens with two attached hydrogens (primary N) is 1. The number of hydrogen-bond donors (Lipinski definition) is 3. The fourth-order valence-electron chi connectivity index (χ4n) is 1.70. The van der Waals surface area contributed by atoms with Gasteiger partial charge in [-0.15, -0.1) is 0 Å². The molecule has 1 heterocycles. The van der Waals surface area contributed by atoms with E-state index < -0.39 is 0 Å². The minimum absolute atomic E-state index is 0.600. The van der Waals surface area contributed by atoms with E-state index in [0.717, 1.165) is 35.9 Å². The van der Waals surface area contributed by atoms with Crippen LogP contribution in [0.5, 0.6) is 5.75 Å². The van der Waals surface area contributed by atoms with Gasteiger partial charge >= 0.3 is 0 Å². The summed E-state index contributed by atoms with van der Waals surface area (Å²) >= 11 is 0. The second-order valence-corrected chi connectivity index (χ2v) is 4.18. The maximum atomic E-state index is 5.46. The third-order valence-corrected chi connectivity index (χ3v) is 2.71. The van der Waals surface area contributed by atoms with Crippen molar-refractivity contribution >= 4 is 5.69 Å². The first-order chi connectivity index (χ1) is 9.31. The second-order valence-electron chi connectivity index (χ2n) is 4.18. The molecule has 2 aromatic rings. The zero-order chi connectivity index (χ0) is 13.5. The molecule has 0 aliphatic heterocycles. The standard InChI is InChI=1S/C13H19N5O/c1-19-11-5-2-4-10(8-11)15-9-13-16-12(17-18-13)6-3-7-14/h2,4-5,8,15H,3,6-7,9,14H2,1H3,(H,16,17,18). The molecule has 1 aromatic carbocycles. The largest absolute Gasteiger partial charge is 0.497 e. The van der Waals surface area contributed by atoms with Crippen LogP contribution in [0, 0.1) is 0 Å². The number of aromatic amines is 1. The SMILES string of the molecule is COc1cccc(NCc2nc(CCCN)n[nH]2)c1. The molecule has 0 bridgehead atoms. The van der Waals surface area contributed by atoms with Crippen LogP contribution in [0.25, 0.3) is 0 Å². The Morgan fingerprint density at radius 1 is 1.42 bits per heavy atom. The lowest BCUT2D eigenvalue weighted by molar-refractivity contribution is 0.415. The van der Waals surface area contributed by atoms with Gasteiger partial charge in [0.25, 0.3) is 0 Å². The summed E-state index contributed by atoms with van der Waals surface area (Å²) in [5.41, 5.74) is 6.44. The quantitative estimate of drug-likeness (QED) is 0.699. The first kappa shape index (κ1) is 13.4. The van der Waals surface area contributed by atoms with Gasteiger partial charge in [0.15, 0.2) is 5.82 Å². The van der Waals surface area contributed by atoms with Gasteiger partial charge in [-0.1, -0.05) is 6.07 Å². The molecule has 6 heteroatoms. The summed E-state index contributed by atoms with van der Waals surface area (Å²) < 4.78 is 5.17. The van der Waals surface area contributed by atoms with E-state index in [9.17, 15) is 0 Å². The molecule has 0 radical (unpaired) electrons. The first-order valence-corrected chi connectivity index (χ1v) is 6.30. The van der Waals surface area contributed by atoms with Crippen molar-refractivity contribution in [1.82, 2.24) is 15.2 Å². The van der Waals surface area contributed by atoms with Gasteiger partial charge in [0.05, 0.1) is 13.7 Å². The Kier molecular flexibility index (Phi) is 4.74. The fraction of sp³-hybridized carbons (Fsp3) is 0.385. The van der Waals surface area contributed by atoms with E-state index in [0.29, 0.717) is 13.1 Å². The highest BCUT2D eigenvalue weighted by atomic mass is 16.5. The molecule has 19 heavy (non-hydrogen) atoms. The Morgan fingerprint density at radius 3 is 3.11 bits per heavy atom. The molecular formula is C13H19N5O. The predicted molar refractivity (Wildman–Crippen MR) is 74.1 cm³/mol. The smallest absolute Gasteiger partial charge is 0.150 e. The summed E-state index contributed by atoms with van der Waals surface area (Å²) in [5, 5.41) is 10.3. The Balaban J connectivity index is 1.89. The number of benzene rings is 1. The maximum Gasteiger partial charge on any atom is 0.150 e. The third kappa shape index (κ3) is 3.96. The topological polar surface area (TPSA) is 88.8 Å². The van der Waals surface area contributed by atoms with E-state index in [1.54, 1.807) is 7.11 Å². The summed E-state index contributed by atoms with van der Waals surface area (Å²) in [4.78, 5) is 4.39. The summed E-state index contributed by atoms with van der Waals surface area (Å²) in [6.07, 6.45) is 1.72. The van der Waals surface area contributed by atoms with E-state index in [-0.39, 0.29) is 0 Å². The van der Waals surface area contributed by atoms with E-state index in [1.165, 1.54) is 0 Å². The van der Waals surface area contributed by atoms with Gasteiger partial charge in [-0.2, -0.15) is 5.10 Å². The van der Waals surface area contributed by atoms with Crippen molar-refractivity contribution in [2.24, 2.45) is 5.73 Å². The van der Waals surface area contributed by atoms with E-state index in [4.69, 9.17) is 10.5 Å². The summed E-state index contributed by atoms with van der Waals surface area (Å²) in [7, 11) is 1.65. The van der Waals surface area contributed by atoms with Crippen molar-refractivity contribution in [2.75, 3.05) is 19.0 Å². The van der Waals surface area contributed by atoms with Crippen molar-refractivity contribution in [3.63, 3.8) is 0 Å². The minimum Gasteiger partial charge on any atom is -0.497 e. The molecule has 0 aliphatic rings. The Labute approximate surface area is 112 Å². The average molecular weight is 261 g/mol. The number of aryl methyl sites for hydroxylation is 1. The number of hydrogen-bond acceptors (Lipinski definition) is 5. The lowest BCUT2D eigenvalue weighted by Crippen LogP contribution is -2.02. The molecule has 0 unspecified atom stereocenters. The zero-order valence-electron chi connectivity index (χ0n) is 11.0. The zero-order valence-corrected chi connectivity index (χ0v) is 11.0. The van der Waals surface area contributed by atoms with E-state index in [1.807, 2.05) is 24.3 Å². The number of nitrogens with zero attached hydrogens (tertiary/aromatic N) is 2. The molecule has 0 saturated carbocycles. The molecule has 0 spiro atoms. The predicted octanol–water partition coefficient (Wildman–Crippen LogP) is 1.32. The van der Waals surface area contributed by atoms with Crippen molar-refractivity contribution in [3.8, 4) is 5.75 Å².